The van der Waals surface area contributed by atoms with Gasteiger partial charge in [-0.1, -0.05) is 0 Å². The van der Waals surface area contributed by atoms with Crippen molar-refractivity contribution in [3.63, 3.8) is 0 Å². The van der Waals surface area contributed by atoms with Crippen molar-refractivity contribution in [3.8, 4) is 0 Å². The molecule has 0 fully saturated rings. The molecule has 0 bridgehead atoms. The van der Waals surface area contributed by atoms with Gasteiger partial charge in [-0.2, -0.15) is 0 Å². The molecule has 0 saturated carbocycles. The third kappa shape index (κ3) is 1.37. The fraction of sp³-hybridized carbons (Fsp3) is 0.444. The Balaban J connectivity index is 2.56. The van der Waals surface area contributed by atoms with Gasteiger partial charge in [-0.05, 0) is 11.4 Å². The first-order valence-electron chi connectivity index (χ1n) is 4.36. The predicted octanol–water partition coefficient (Wildman–Crippen LogP) is -0.182. The highest BCUT2D eigenvalue weighted by molar-refractivity contribution is 7.10. The Morgan fingerprint density at radius 2 is 2.20 bits per heavy atom. The summed E-state index contributed by atoms with van der Waals surface area (Å²) in [5, 5.41) is 39.5. The van der Waals surface area contributed by atoms with Gasteiger partial charge in [-0.25, -0.2) is 4.79 Å². The van der Waals surface area contributed by atoms with Crippen molar-refractivity contribution in [2.24, 2.45) is 0 Å². The lowest BCUT2D eigenvalue weighted by Gasteiger charge is -2.34. The Labute approximate surface area is 89.2 Å². The number of carboxylic acids is 1. The monoisotopic (exact) mass is 230 g/mol. The Kier molecular flexibility index (Phi) is 2.31. The van der Waals surface area contributed by atoms with E-state index < -0.39 is 30.2 Å². The Morgan fingerprint density at radius 3 is 2.80 bits per heavy atom. The maximum Gasteiger partial charge on any atom is 0.340 e. The molecular weight excluding hydrogens is 220 g/mol. The number of thiophene rings is 1. The molecule has 2 rings (SSSR count). The van der Waals surface area contributed by atoms with Crippen LogP contribution in [0.1, 0.15) is 23.0 Å². The number of hydrogen-bond donors (Lipinski definition) is 4. The summed E-state index contributed by atoms with van der Waals surface area (Å²) in [7, 11) is 0. The molecule has 0 unspecified atom stereocenters. The second kappa shape index (κ2) is 3.28. The molecule has 15 heavy (non-hydrogen) atoms. The van der Waals surface area contributed by atoms with Crippen molar-refractivity contribution >= 4 is 17.3 Å². The summed E-state index contributed by atoms with van der Waals surface area (Å²) in [6.07, 6.45) is -2.76. The first kappa shape index (κ1) is 10.6. The molecule has 4 N–H and O–H groups in total. The van der Waals surface area contributed by atoms with Gasteiger partial charge in [-0.3, -0.25) is 0 Å². The molecule has 0 radical (unpaired) electrons. The van der Waals surface area contributed by atoms with E-state index in [0.29, 0.717) is 4.88 Å². The molecular formula is C9H10O5S. The van der Waals surface area contributed by atoms with Crippen LogP contribution in [-0.2, 0) is 10.4 Å². The normalized spacial score (nSPS) is 34.9. The maximum absolute atomic E-state index is 11.0. The molecule has 1 aromatic rings. The van der Waals surface area contributed by atoms with Crippen LogP contribution < -0.4 is 0 Å². The highest BCUT2D eigenvalue weighted by Gasteiger charge is 2.48. The van der Waals surface area contributed by atoms with E-state index >= 15 is 0 Å². The van der Waals surface area contributed by atoms with Gasteiger partial charge in [0, 0.05) is 16.9 Å². The van der Waals surface area contributed by atoms with Crippen LogP contribution in [0.15, 0.2) is 11.4 Å². The largest absolute Gasteiger partial charge is 0.479 e. The van der Waals surface area contributed by atoms with Crippen molar-refractivity contribution in [3.05, 3.63) is 21.9 Å². The van der Waals surface area contributed by atoms with Crippen LogP contribution in [0.5, 0.6) is 0 Å². The lowest BCUT2D eigenvalue weighted by Crippen LogP contribution is -2.44. The highest BCUT2D eigenvalue weighted by Crippen LogP contribution is 2.43. The molecule has 1 aliphatic rings. The number of rotatable bonds is 1. The summed E-state index contributed by atoms with van der Waals surface area (Å²) in [4.78, 5) is 11.3. The fourth-order valence-electron chi connectivity index (χ4n) is 1.79. The first-order valence-corrected chi connectivity index (χ1v) is 5.24. The van der Waals surface area contributed by atoms with Gasteiger partial charge in [0.1, 0.15) is 6.10 Å². The molecule has 5 nitrogen and oxygen atoms in total. The first-order chi connectivity index (χ1) is 6.97. The zero-order chi connectivity index (χ0) is 11.2. The van der Waals surface area contributed by atoms with Gasteiger partial charge >= 0.3 is 5.97 Å². The van der Waals surface area contributed by atoms with Gasteiger partial charge in [0.2, 0.25) is 0 Å². The van der Waals surface area contributed by atoms with Crippen molar-refractivity contribution in [1.82, 2.24) is 0 Å². The lowest BCUT2D eigenvalue weighted by atomic mass is 9.80. The number of aliphatic hydroxyl groups is 3. The van der Waals surface area contributed by atoms with Crippen LogP contribution in [0.2, 0.25) is 0 Å². The molecule has 6 heteroatoms. The summed E-state index contributed by atoms with van der Waals surface area (Å²) in [5.41, 5.74) is -1.91. The van der Waals surface area contributed by atoms with E-state index in [1.165, 1.54) is 6.07 Å². The van der Waals surface area contributed by atoms with Gasteiger partial charge in [-0.15, -0.1) is 11.3 Å². The molecule has 0 spiro atoms. The SMILES string of the molecule is O=C(O)[C@]1(O)C[C@@H](O)[C@H](O)c2sccc21. The summed E-state index contributed by atoms with van der Waals surface area (Å²) >= 11 is 1.12. The van der Waals surface area contributed by atoms with Crippen LogP contribution in [0.4, 0.5) is 0 Å². The minimum atomic E-state index is -2.09. The molecule has 1 aromatic heterocycles. The average molecular weight is 230 g/mol. The fourth-order valence-corrected chi connectivity index (χ4v) is 2.80. The molecule has 0 aliphatic heterocycles. The van der Waals surface area contributed by atoms with Crippen LogP contribution >= 0.6 is 11.3 Å². The maximum atomic E-state index is 11.0. The second-order valence-electron chi connectivity index (χ2n) is 3.58. The van der Waals surface area contributed by atoms with Gasteiger partial charge in [0.15, 0.2) is 5.60 Å². The lowest BCUT2D eigenvalue weighted by molar-refractivity contribution is -0.168. The highest BCUT2D eigenvalue weighted by atomic mass is 32.1. The Morgan fingerprint density at radius 1 is 1.53 bits per heavy atom. The number of aliphatic carboxylic acids is 1. The zero-order valence-corrected chi connectivity index (χ0v) is 8.44. The molecule has 1 aliphatic carbocycles. The van der Waals surface area contributed by atoms with Gasteiger partial charge in [0.05, 0.1) is 6.10 Å². The van der Waals surface area contributed by atoms with Gasteiger partial charge < -0.3 is 20.4 Å². The van der Waals surface area contributed by atoms with Crippen LogP contribution in [0.25, 0.3) is 0 Å². The van der Waals surface area contributed by atoms with Crippen molar-refractivity contribution in [2.75, 3.05) is 0 Å². The molecule has 0 amide bonds. The van der Waals surface area contributed by atoms with Crippen molar-refractivity contribution in [1.29, 1.82) is 0 Å². The van der Waals surface area contributed by atoms with Gasteiger partial charge in [0.25, 0.3) is 0 Å². The Bertz CT molecular complexity index is 401. The standard InChI is InChI=1S/C9H10O5S/c10-5-3-9(14,8(12)13)4-1-2-15-7(4)6(5)11/h1-2,5-6,10-11,14H,3H2,(H,12,13)/t5-,6+,9+/m1/s1. The zero-order valence-electron chi connectivity index (χ0n) is 7.62. The predicted molar refractivity (Wildman–Crippen MR) is 51.4 cm³/mol. The van der Waals surface area contributed by atoms with E-state index in [0.717, 1.165) is 11.3 Å². The third-order valence-electron chi connectivity index (χ3n) is 2.63. The van der Waals surface area contributed by atoms with E-state index in [4.69, 9.17) is 5.11 Å². The minimum Gasteiger partial charge on any atom is -0.479 e. The van der Waals surface area contributed by atoms with E-state index in [2.05, 4.69) is 0 Å². The second-order valence-corrected chi connectivity index (χ2v) is 4.53. The molecule has 82 valence electrons. The van der Waals surface area contributed by atoms with E-state index in [9.17, 15) is 20.1 Å². The quantitative estimate of drug-likeness (QED) is 0.536. The van der Waals surface area contributed by atoms with Crippen molar-refractivity contribution < 1.29 is 25.2 Å². The number of aliphatic hydroxyl groups excluding tert-OH is 2. The smallest absolute Gasteiger partial charge is 0.340 e. The summed E-state index contributed by atoms with van der Waals surface area (Å²) < 4.78 is 0. The van der Waals surface area contributed by atoms with Crippen LogP contribution in [-0.4, -0.2) is 32.5 Å². The topological polar surface area (TPSA) is 98.0 Å². The number of carboxylic acid groups (broad SMARTS) is 1. The number of fused-ring (bicyclic) bond motifs is 1. The minimum absolute atomic E-state index is 0.179. The van der Waals surface area contributed by atoms with E-state index in [1.54, 1.807) is 5.38 Å². The summed E-state index contributed by atoms with van der Waals surface area (Å²) in [6.45, 7) is 0. The van der Waals surface area contributed by atoms with Crippen LogP contribution in [0.3, 0.4) is 0 Å². The van der Waals surface area contributed by atoms with Crippen molar-refractivity contribution in [2.45, 2.75) is 24.2 Å². The molecule has 3 atom stereocenters. The molecule has 0 saturated heterocycles. The Hall–Kier alpha value is -0.950. The third-order valence-corrected chi connectivity index (χ3v) is 3.62. The van der Waals surface area contributed by atoms with E-state index in [1.807, 2.05) is 0 Å². The number of hydrogen-bond acceptors (Lipinski definition) is 5. The van der Waals surface area contributed by atoms with Crippen LogP contribution in [0, 0.1) is 0 Å². The average Bonchev–Trinajstić information content (AvgIpc) is 2.63. The molecule has 1 heterocycles. The number of carbonyl (C=O) groups is 1. The molecule has 0 aromatic carbocycles. The summed E-state index contributed by atoms with van der Waals surface area (Å²) in [6, 6.07) is 1.46. The summed E-state index contributed by atoms with van der Waals surface area (Å²) in [5.74, 6) is -1.41. The van der Waals surface area contributed by atoms with E-state index in [-0.39, 0.29) is 5.56 Å².